The number of carbonyl (C=O) groups excluding carboxylic acids is 2. The minimum absolute atomic E-state index is 0.0685. The van der Waals surface area contributed by atoms with Crippen LogP contribution in [0.2, 0.25) is 0 Å². The molecule has 2 N–H and O–H groups in total. The van der Waals surface area contributed by atoms with Gasteiger partial charge in [0.15, 0.2) is 11.6 Å². The van der Waals surface area contributed by atoms with Crippen molar-refractivity contribution in [2.45, 2.75) is 0 Å². The quantitative estimate of drug-likeness (QED) is 0.351. The fourth-order valence-electron chi connectivity index (χ4n) is 3.25. The summed E-state index contributed by atoms with van der Waals surface area (Å²) in [6.45, 7) is 0. The second kappa shape index (κ2) is 8.68. The molecule has 160 valence electrons. The maximum Gasteiger partial charge on any atom is 0.343 e. The largest absolute Gasteiger partial charge is 0.505 e. The molecule has 0 bridgehead atoms. The fourth-order valence-corrected chi connectivity index (χ4v) is 3.25. The Morgan fingerprint density at radius 3 is 2.53 bits per heavy atom. The molecule has 0 radical (unpaired) electrons. The van der Waals surface area contributed by atoms with E-state index in [9.17, 15) is 14.7 Å². The van der Waals surface area contributed by atoms with Gasteiger partial charge in [-0.05, 0) is 29.0 Å². The molecule has 0 aliphatic carbocycles. The predicted octanol–water partition coefficient (Wildman–Crippen LogP) is 4.73. The molecule has 32 heavy (non-hydrogen) atoms. The number of azo groups is 1. The summed E-state index contributed by atoms with van der Waals surface area (Å²) in [7, 11) is 2.85. The number of amides is 1. The summed E-state index contributed by atoms with van der Waals surface area (Å²) in [6, 6.07) is 17.7. The van der Waals surface area contributed by atoms with E-state index in [0.29, 0.717) is 16.5 Å². The number of aromatic hydroxyl groups is 1. The number of phenols is 1. The van der Waals surface area contributed by atoms with Gasteiger partial charge in [0, 0.05) is 12.7 Å². The lowest BCUT2D eigenvalue weighted by atomic mass is 10.0. The van der Waals surface area contributed by atoms with Crippen LogP contribution in [0.4, 0.5) is 17.2 Å². The van der Waals surface area contributed by atoms with E-state index in [4.69, 9.17) is 4.74 Å². The Morgan fingerprint density at radius 1 is 1.06 bits per heavy atom. The molecular formula is C23H19N5O4. The van der Waals surface area contributed by atoms with Crippen LogP contribution < -0.4 is 5.32 Å². The van der Waals surface area contributed by atoms with Crippen molar-refractivity contribution in [2.24, 2.45) is 17.3 Å². The second-order valence-corrected chi connectivity index (χ2v) is 6.86. The molecule has 0 aliphatic heterocycles. The lowest BCUT2D eigenvalue weighted by Gasteiger charge is -2.12. The Hall–Kier alpha value is -4.53. The Bertz CT molecular complexity index is 1350. The molecule has 0 atom stereocenters. The number of hydrogen-bond donors (Lipinski definition) is 2. The van der Waals surface area contributed by atoms with E-state index < -0.39 is 11.9 Å². The number of carbonyl (C=O) groups is 2. The topological polar surface area (TPSA) is 118 Å². The van der Waals surface area contributed by atoms with Crippen molar-refractivity contribution >= 4 is 39.8 Å². The summed E-state index contributed by atoms with van der Waals surface area (Å²) in [5.41, 5.74) is 0.852. The summed E-state index contributed by atoms with van der Waals surface area (Å²) in [4.78, 5) is 25.0. The van der Waals surface area contributed by atoms with Crippen LogP contribution in [-0.2, 0) is 11.8 Å². The predicted molar refractivity (Wildman–Crippen MR) is 119 cm³/mol. The van der Waals surface area contributed by atoms with Crippen molar-refractivity contribution in [3.63, 3.8) is 0 Å². The summed E-state index contributed by atoms with van der Waals surface area (Å²) in [5.74, 6) is -1.28. The van der Waals surface area contributed by atoms with E-state index in [1.165, 1.54) is 18.0 Å². The van der Waals surface area contributed by atoms with Gasteiger partial charge in [0.25, 0.3) is 5.91 Å². The van der Waals surface area contributed by atoms with Gasteiger partial charge < -0.3 is 15.2 Å². The van der Waals surface area contributed by atoms with Crippen molar-refractivity contribution in [1.29, 1.82) is 0 Å². The van der Waals surface area contributed by atoms with E-state index in [-0.39, 0.29) is 28.4 Å². The van der Waals surface area contributed by atoms with Crippen LogP contribution in [0.1, 0.15) is 20.7 Å². The number of para-hydroxylation sites is 1. The first-order valence-electron chi connectivity index (χ1n) is 9.62. The van der Waals surface area contributed by atoms with Crippen LogP contribution in [0.5, 0.6) is 5.75 Å². The number of esters is 1. The van der Waals surface area contributed by atoms with Crippen molar-refractivity contribution in [3.8, 4) is 5.75 Å². The van der Waals surface area contributed by atoms with Gasteiger partial charge in [-0.3, -0.25) is 4.79 Å². The summed E-state index contributed by atoms with van der Waals surface area (Å²) in [5, 5.41) is 27.2. The Balaban J connectivity index is 1.80. The third-order valence-electron chi connectivity index (χ3n) is 4.83. The molecule has 1 amide bonds. The smallest absolute Gasteiger partial charge is 0.343 e. The highest BCUT2D eigenvalue weighted by Gasteiger charge is 2.21. The molecule has 0 fully saturated rings. The van der Waals surface area contributed by atoms with Gasteiger partial charge in [-0.1, -0.05) is 42.5 Å². The molecule has 0 aliphatic rings. The van der Waals surface area contributed by atoms with Crippen molar-refractivity contribution in [1.82, 2.24) is 9.78 Å². The van der Waals surface area contributed by atoms with E-state index in [2.05, 4.69) is 20.6 Å². The minimum Gasteiger partial charge on any atom is -0.505 e. The van der Waals surface area contributed by atoms with Crippen LogP contribution in [0.25, 0.3) is 10.8 Å². The van der Waals surface area contributed by atoms with Gasteiger partial charge in [0.05, 0.1) is 18.9 Å². The van der Waals surface area contributed by atoms with E-state index >= 15 is 0 Å². The molecule has 4 aromatic rings. The summed E-state index contributed by atoms with van der Waals surface area (Å²) >= 11 is 0. The summed E-state index contributed by atoms with van der Waals surface area (Å²) < 4.78 is 6.09. The lowest BCUT2D eigenvalue weighted by Crippen LogP contribution is -2.12. The number of nitrogens with zero attached hydrogens (tertiary/aromatic N) is 4. The van der Waals surface area contributed by atoms with Crippen LogP contribution in [0, 0.1) is 0 Å². The van der Waals surface area contributed by atoms with Gasteiger partial charge in [-0.2, -0.15) is 5.10 Å². The van der Waals surface area contributed by atoms with E-state index in [1.807, 2.05) is 12.1 Å². The first-order valence-corrected chi connectivity index (χ1v) is 9.62. The van der Waals surface area contributed by atoms with Gasteiger partial charge >= 0.3 is 5.97 Å². The Morgan fingerprint density at radius 2 is 1.78 bits per heavy atom. The SMILES string of the molecule is COC(=O)c1cnn(C)c1/N=N/c1cc2ccccc2c(C(=O)Nc2ccccc2)c1O. The van der Waals surface area contributed by atoms with Crippen LogP contribution in [-0.4, -0.2) is 33.9 Å². The number of hydrogen-bond acceptors (Lipinski definition) is 7. The highest BCUT2D eigenvalue weighted by atomic mass is 16.5. The zero-order valence-corrected chi connectivity index (χ0v) is 17.3. The fraction of sp³-hybridized carbons (Fsp3) is 0.0870. The monoisotopic (exact) mass is 429 g/mol. The Kier molecular flexibility index (Phi) is 5.63. The van der Waals surface area contributed by atoms with Crippen molar-refractivity contribution in [2.75, 3.05) is 12.4 Å². The van der Waals surface area contributed by atoms with Crippen LogP contribution in [0.3, 0.4) is 0 Å². The second-order valence-electron chi connectivity index (χ2n) is 6.86. The molecule has 1 aromatic heterocycles. The van der Waals surface area contributed by atoms with Crippen molar-refractivity contribution < 1.29 is 19.4 Å². The van der Waals surface area contributed by atoms with Gasteiger partial charge in [-0.15, -0.1) is 10.2 Å². The minimum atomic E-state index is -0.613. The number of fused-ring (bicyclic) bond motifs is 1. The summed E-state index contributed by atoms with van der Waals surface area (Å²) in [6.07, 6.45) is 1.32. The zero-order valence-electron chi connectivity index (χ0n) is 17.3. The van der Waals surface area contributed by atoms with Gasteiger partial charge in [-0.25, -0.2) is 9.48 Å². The van der Waals surface area contributed by atoms with Gasteiger partial charge in [0.2, 0.25) is 0 Å². The standard InChI is InChI=1S/C23H19N5O4/c1-28-21(17(13-24-28)23(31)32-2)27-26-18-12-14-8-6-7-11-16(14)19(20(18)29)22(30)25-15-9-4-3-5-10-15/h3-13,29H,1-2H3,(H,25,30)/b27-26+. The lowest BCUT2D eigenvalue weighted by molar-refractivity contribution is 0.0601. The number of rotatable bonds is 5. The normalized spacial score (nSPS) is 11.1. The van der Waals surface area contributed by atoms with Crippen molar-refractivity contribution in [3.05, 3.63) is 78.0 Å². The maximum absolute atomic E-state index is 13.1. The number of anilines is 1. The number of phenolic OH excluding ortho intramolecular Hbond substituents is 1. The molecular weight excluding hydrogens is 410 g/mol. The first kappa shape index (κ1) is 20.7. The number of aryl methyl sites for hydroxylation is 1. The van der Waals surface area contributed by atoms with Gasteiger partial charge in [0.1, 0.15) is 11.3 Å². The number of nitrogens with one attached hydrogen (secondary N) is 1. The van der Waals surface area contributed by atoms with E-state index in [0.717, 1.165) is 0 Å². The molecule has 9 heteroatoms. The zero-order chi connectivity index (χ0) is 22.7. The highest BCUT2D eigenvalue weighted by Crippen LogP contribution is 2.38. The molecule has 0 unspecified atom stereocenters. The van der Waals surface area contributed by atoms with Crippen LogP contribution in [0.15, 0.2) is 77.1 Å². The average Bonchev–Trinajstić information content (AvgIpc) is 3.18. The molecule has 0 spiro atoms. The molecule has 3 aromatic carbocycles. The van der Waals surface area contributed by atoms with E-state index in [1.54, 1.807) is 55.6 Å². The molecule has 4 rings (SSSR count). The molecule has 0 saturated carbocycles. The molecule has 9 nitrogen and oxygen atoms in total. The van der Waals surface area contributed by atoms with Crippen LogP contribution >= 0.6 is 0 Å². The maximum atomic E-state index is 13.1. The molecule has 0 saturated heterocycles. The third kappa shape index (κ3) is 3.91. The molecule has 1 heterocycles. The highest BCUT2D eigenvalue weighted by molar-refractivity contribution is 6.16. The Labute approximate surface area is 183 Å². The first-order chi connectivity index (χ1) is 15.5. The third-order valence-corrected chi connectivity index (χ3v) is 4.83. The number of benzene rings is 3. The number of methoxy groups -OCH3 is 1. The average molecular weight is 429 g/mol. The number of ether oxygens (including phenoxy) is 1. The number of aromatic nitrogens is 2.